The molecule has 0 unspecified atom stereocenters. The minimum Gasteiger partial charge on any atom is -0.396 e. The Labute approximate surface area is 96.2 Å². The summed E-state index contributed by atoms with van der Waals surface area (Å²) in [5.41, 5.74) is 0. The zero-order chi connectivity index (χ0) is 11.4. The maximum Gasteiger partial charge on any atom is 0.219 e. The van der Waals surface area contributed by atoms with E-state index in [4.69, 9.17) is 5.11 Å². The van der Waals surface area contributed by atoms with E-state index in [9.17, 15) is 4.79 Å². The van der Waals surface area contributed by atoms with Gasteiger partial charge in [0.1, 0.15) is 0 Å². The first-order chi connectivity index (χ1) is 7.31. The molecule has 0 aromatic carbocycles. The Morgan fingerprint density at radius 3 is 2.73 bits per heavy atom. The van der Waals surface area contributed by atoms with Crippen LogP contribution < -0.4 is 10.6 Å². The lowest BCUT2D eigenvalue weighted by Crippen LogP contribution is -2.22. The van der Waals surface area contributed by atoms with Gasteiger partial charge in [-0.2, -0.15) is 11.8 Å². The molecule has 0 aromatic heterocycles. The second kappa shape index (κ2) is 11.8. The summed E-state index contributed by atoms with van der Waals surface area (Å²) in [5, 5.41) is 14.4. The SMILES string of the molecule is CNC(=O)CCCNCCSCCCO. The van der Waals surface area contributed by atoms with Crippen LogP contribution in [0.2, 0.25) is 0 Å². The van der Waals surface area contributed by atoms with Crippen LogP contribution in [0, 0.1) is 0 Å². The fraction of sp³-hybridized carbons (Fsp3) is 0.900. The summed E-state index contributed by atoms with van der Waals surface area (Å²) in [5.74, 6) is 2.20. The van der Waals surface area contributed by atoms with Gasteiger partial charge in [0.15, 0.2) is 0 Å². The molecule has 0 radical (unpaired) electrons. The van der Waals surface area contributed by atoms with Gasteiger partial charge in [0, 0.05) is 32.4 Å². The first kappa shape index (κ1) is 14.7. The maximum atomic E-state index is 10.9. The van der Waals surface area contributed by atoms with E-state index in [2.05, 4.69) is 10.6 Å². The molecule has 90 valence electrons. The van der Waals surface area contributed by atoms with E-state index in [-0.39, 0.29) is 12.5 Å². The van der Waals surface area contributed by atoms with Gasteiger partial charge in [-0.05, 0) is 25.1 Å². The number of thioether (sulfide) groups is 1. The molecule has 0 spiro atoms. The molecule has 0 rings (SSSR count). The van der Waals surface area contributed by atoms with Crippen molar-refractivity contribution in [1.82, 2.24) is 10.6 Å². The highest BCUT2D eigenvalue weighted by Crippen LogP contribution is 1.99. The first-order valence-electron chi connectivity index (χ1n) is 5.41. The number of aliphatic hydroxyl groups is 1. The van der Waals surface area contributed by atoms with Crippen molar-refractivity contribution in [2.45, 2.75) is 19.3 Å². The molecule has 0 saturated carbocycles. The second-order valence-corrected chi connectivity index (χ2v) is 4.44. The molecule has 4 nitrogen and oxygen atoms in total. The molecule has 0 fully saturated rings. The molecule has 0 aliphatic carbocycles. The molecule has 15 heavy (non-hydrogen) atoms. The van der Waals surface area contributed by atoms with Crippen LogP contribution in [0.4, 0.5) is 0 Å². The van der Waals surface area contributed by atoms with E-state index in [1.54, 1.807) is 7.05 Å². The third kappa shape index (κ3) is 11.7. The molecule has 0 saturated heterocycles. The van der Waals surface area contributed by atoms with Crippen molar-refractivity contribution in [2.24, 2.45) is 0 Å². The summed E-state index contributed by atoms with van der Waals surface area (Å²) in [6, 6.07) is 0. The van der Waals surface area contributed by atoms with Crippen LogP contribution in [-0.4, -0.2) is 49.3 Å². The quantitative estimate of drug-likeness (QED) is 0.473. The van der Waals surface area contributed by atoms with Gasteiger partial charge >= 0.3 is 0 Å². The van der Waals surface area contributed by atoms with Crippen LogP contribution in [0.5, 0.6) is 0 Å². The van der Waals surface area contributed by atoms with Crippen molar-refractivity contribution in [3.8, 4) is 0 Å². The van der Waals surface area contributed by atoms with Crippen molar-refractivity contribution in [1.29, 1.82) is 0 Å². The van der Waals surface area contributed by atoms with Crippen LogP contribution in [0.25, 0.3) is 0 Å². The number of aliphatic hydroxyl groups excluding tert-OH is 1. The van der Waals surface area contributed by atoms with Crippen molar-refractivity contribution < 1.29 is 9.90 Å². The minimum atomic E-state index is 0.106. The lowest BCUT2D eigenvalue weighted by molar-refractivity contribution is -0.120. The van der Waals surface area contributed by atoms with E-state index in [0.29, 0.717) is 6.42 Å². The van der Waals surface area contributed by atoms with E-state index in [1.807, 2.05) is 11.8 Å². The van der Waals surface area contributed by atoms with Crippen LogP contribution in [-0.2, 0) is 4.79 Å². The van der Waals surface area contributed by atoms with Crippen molar-refractivity contribution in [2.75, 3.05) is 38.2 Å². The number of amides is 1. The topological polar surface area (TPSA) is 61.4 Å². The van der Waals surface area contributed by atoms with E-state index >= 15 is 0 Å². The fourth-order valence-corrected chi connectivity index (χ4v) is 1.86. The van der Waals surface area contributed by atoms with Crippen LogP contribution in [0.15, 0.2) is 0 Å². The molecule has 0 aliphatic rings. The van der Waals surface area contributed by atoms with E-state index in [1.165, 1.54) is 0 Å². The second-order valence-electron chi connectivity index (χ2n) is 3.22. The zero-order valence-electron chi connectivity index (χ0n) is 9.42. The summed E-state index contributed by atoms with van der Waals surface area (Å²) in [6.45, 7) is 2.16. The van der Waals surface area contributed by atoms with Gasteiger partial charge in [0.05, 0.1) is 0 Å². The number of hydrogen-bond donors (Lipinski definition) is 3. The summed E-state index contributed by atoms with van der Waals surface area (Å²) in [6.07, 6.45) is 2.36. The van der Waals surface area contributed by atoms with Crippen molar-refractivity contribution in [3.05, 3.63) is 0 Å². The Hall–Kier alpha value is -0.260. The zero-order valence-corrected chi connectivity index (χ0v) is 10.2. The molecular formula is C10H22N2O2S. The lowest BCUT2D eigenvalue weighted by Gasteiger charge is -2.04. The predicted octanol–water partition coefficient (Wildman–Crippen LogP) is 0.218. The highest BCUT2D eigenvalue weighted by Gasteiger charge is 1.96. The summed E-state index contributed by atoms with van der Waals surface area (Å²) >= 11 is 1.84. The third-order valence-corrected chi connectivity index (χ3v) is 2.98. The Kier molecular flexibility index (Phi) is 11.6. The molecular weight excluding hydrogens is 212 g/mol. The standard InChI is InChI=1S/C10H22N2O2S/c1-11-10(14)4-2-5-12-6-9-15-8-3-7-13/h12-13H,2-9H2,1H3,(H,11,14). The van der Waals surface area contributed by atoms with E-state index < -0.39 is 0 Å². The number of nitrogens with one attached hydrogen (secondary N) is 2. The summed E-state index contributed by atoms with van der Waals surface area (Å²) < 4.78 is 0. The van der Waals surface area contributed by atoms with Gasteiger partial charge in [-0.3, -0.25) is 4.79 Å². The van der Waals surface area contributed by atoms with Gasteiger partial charge in [-0.15, -0.1) is 0 Å². The van der Waals surface area contributed by atoms with Gasteiger partial charge in [0.25, 0.3) is 0 Å². The number of rotatable bonds is 10. The van der Waals surface area contributed by atoms with E-state index in [0.717, 1.165) is 37.4 Å². The Balaban J connectivity index is 2.95. The largest absolute Gasteiger partial charge is 0.396 e. The summed E-state index contributed by atoms with van der Waals surface area (Å²) in [7, 11) is 1.66. The van der Waals surface area contributed by atoms with Crippen LogP contribution in [0.3, 0.4) is 0 Å². The molecule has 0 atom stereocenters. The molecule has 0 bridgehead atoms. The number of hydrogen-bond acceptors (Lipinski definition) is 4. The molecule has 5 heteroatoms. The maximum absolute atomic E-state index is 10.9. The normalized spacial score (nSPS) is 10.3. The predicted molar refractivity (Wildman–Crippen MR) is 65.2 cm³/mol. The van der Waals surface area contributed by atoms with Crippen molar-refractivity contribution in [3.63, 3.8) is 0 Å². The molecule has 0 aromatic rings. The average molecular weight is 234 g/mol. The molecule has 0 heterocycles. The van der Waals surface area contributed by atoms with Gasteiger partial charge < -0.3 is 15.7 Å². The lowest BCUT2D eigenvalue weighted by atomic mass is 10.3. The van der Waals surface area contributed by atoms with Gasteiger partial charge in [0.2, 0.25) is 5.91 Å². The van der Waals surface area contributed by atoms with Crippen LogP contribution >= 0.6 is 11.8 Å². The average Bonchev–Trinajstić information content (AvgIpc) is 2.26. The number of carbonyl (C=O) groups excluding carboxylic acids is 1. The van der Waals surface area contributed by atoms with Gasteiger partial charge in [-0.25, -0.2) is 0 Å². The first-order valence-corrected chi connectivity index (χ1v) is 6.56. The highest BCUT2D eigenvalue weighted by atomic mass is 32.2. The molecule has 0 aliphatic heterocycles. The van der Waals surface area contributed by atoms with Crippen molar-refractivity contribution >= 4 is 17.7 Å². The Bertz CT molecular complexity index is 156. The fourth-order valence-electron chi connectivity index (χ4n) is 1.04. The minimum absolute atomic E-state index is 0.106. The number of carbonyl (C=O) groups is 1. The monoisotopic (exact) mass is 234 g/mol. The Morgan fingerprint density at radius 1 is 1.27 bits per heavy atom. The Morgan fingerprint density at radius 2 is 2.07 bits per heavy atom. The smallest absolute Gasteiger partial charge is 0.219 e. The summed E-state index contributed by atoms with van der Waals surface area (Å²) in [4.78, 5) is 10.9. The highest BCUT2D eigenvalue weighted by molar-refractivity contribution is 7.99. The van der Waals surface area contributed by atoms with Crippen LogP contribution in [0.1, 0.15) is 19.3 Å². The third-order valence-electron chi connectivity index (χ3n) is 1.91. The molecule has 3 N–H and O–H groups in total. The van der Waals surface area contributed by atoms with Gasteiger partial charge in [-0.1, -0.05) is 0 Å². The molecule has 1 amide bonds.